The Morgan fingerprint density at radius 3 is 1.75 bits per heavy atom. The minimum atomic E-state index is -6.59. The molecule has 28 heavy (non-hydrogen) atoms. The van der Waals surface area contributed by atoms with Gasteiger partial charge < -0.3 is 0 Å². The summed E-state index contributed by atoms with van der Waals surface area (Å²) in [6.45, 7) is 0. The van der Waals surface area contributed by atoms with Crippen molar-refractivity contribution in [3.05, 3.63) is 50.3 Å². The fraction of sp³-hybridized carbons (Fsp3) is 0.267. The van der Waals surface area contributed by atoms with E-state index < -0.39 is 56.1 Å². The number of rotatable bonds is 2. The molecule has 0 aliphatic heterocycles. The first-order valence-corrected chi connectivity index (χ1v) is 8.31. The Bertz CT molecular complexity index is 857. The van der Waals surface area contributed by atoms with Gasteiger partial charge in [-0.2, -0.15) is 39.5 Å². The van der Waals surface area contributed by atoms with Gasteiger partial charge in [0.15, 0.2) is 0 Å². The Labute approximate surface area is 168 Å². The number of nitrogens with zero attached hydrogens (tertiary/aromatic N) is 1. The molecule has 0 aliphatic rings. The molecule has 0 unspecified atom stereocenters. The van der Waals surface area contributed by atoms with Crippen molar-refractivity contribution in [3.8, 4) is 11.1 Å². The number of aromatic nitrogens is 1. The summed E-state index contributed by atoms with van der Waals surface area (Å²) in [6, 6.07) is 1.71. The van der Waals surface area contributed by atoms with Crippen LogP contribution in [-0.4, -0.2) is 17.3 Å². The topological polar surface area (TPSA) is 12.9 Å². The van der Waals surface area contributed by atoms with Gasteiger partial charge in [-0.3, -0.25) is 0 Å². The molecule has 0 aliphatic carbocycles. The zero-order valence-corrected chi connectivity index (χ0v) is 15.8. The van der Waals surface area contributed by atoms with E-state index in [4.69, 9.17) is 11.6 Å². The minimum absolute atomic E-state index is 0.189. The van der Waals surface area contributed by atoms with E-state index in [1.54, 1.807) is 0 Å². The van der Waals surface area contributed by atoms with Crippen LogP contribution in [0.15, 0.2) is 30.5 Å². The van der Waals surface area contributed by atoms with Crippen molar-refractivity contribution in [1.82, 2.24) is 4.98 Å². The summed E-state index contributed by atoms with van der Waals surface area (Å²) in [6.07, 6.45) is -17.8. The van der Waals surface area contributed by atoms with E-state index in [0.29, 0.717) is 6.07 Å². The van der Waals surface area contributed by atoms with Gasteiger partial charge in [-0.25, -0.2) is 9.37 Å². The van der Waals surface area contributed by atoms with Crippen molar-refractivity contribution in [1.29, 1.82) is 0 Å². The first-order chi connectivity index (χ1) is 12.5. The average molecular weight is 552 g/mol. The first-order valence-electron chi connectivity index (χ1n) is 6.85. The summed E-state index contributed by atoms with van der Waals surface area (Å²) in [4.78, 5) is 3.47. The SMILES string of the molecule is FC(F)(F)c1cc(I)c(-c2ccc(Cl)nc2)c(C(F)(C(F)(F)F)C(F)(F)F)c1. The van der Waals surface area contributed by atoms with Crippen LogP contribution in [0.4, 0.5) is 43.9 Å². The lowest BCUT2D eigenvalue weighted by atomic mass is 9.86. The molecule has 0 fully saturated rings. The quantitative estimate of drug-likeness (QED) is 0.217. The molecule has 0 saturated heterocycles. The zero-order chi connectivity index (χ0) is 21.7. The van der Waals surface area contributed by atoms with E-state index in [1.807, 2.05) is 0 Å². The van der Waals surface area contributed by atoms with Gasteiger partial charge in [0.05, 0.1) is 5.56 Å². The number of pyridine rings is 1. The number of halogens is 12. The van der Waals surface area contributed by atoms with Crippen molar-refractivity contribution < 1.29 is 43.9 Å². The summed E-state index contributed by atoms with van der Waals surface area (Å²) < 4.78 is 132. The lowest BCUT2D eigenvalue weighted by Crippen LogP contribution is -2.51. The molecular formula is C15H5ClF10IN. The predicted octanol–water partition coefficient (Wildman–Crippen LogP) is 7.31. The summed E-state index contributed by atoms with van der Waals surface area (Å²) >= 11 is 6.60. The van der Waals surface area contributed by atoms with E-state index >= 15 is 0 Å². The molecule has 0 atom stereocenters. The molecule has 13 heteroatoms. The standard InChI is InChI=1S/C15H5ClF10IN/c16-10-2-1-6(5-28-10)11-8(3-7(4-9(11)27)13(18,19)20)12(17,14(21,22)23)15(24,25)26/h1-5H. The van der Waals surface area contributed by atoms with Crippen molar-refractivity contribution >= 4 is 34.2 Å². The Hall–Kier alpha value is -1.31. The monoisotopic (exact) mass is 551 g/mol. The predicted molar refractivity (Wildman–Crippen MR) is 87.3 cm³/mol. The van der Waals surface area contributed by atoms with Gasteiger partial charge in [0.25, 0.3) is 0 Å². The molecule has 0 saturated carbocycles. The van der Waals surface area contributed by atoms with Crippen LogP contribution in [0.3, 0.4) is 0 Å². The molecular weight excluding hydrogens is 547 g/mol. The van der Waals surface area contributed by atoms with Gasteiger partial charge in [0, 0.05) is 26.5 Å². The third kappa shape index (κ3) is 4.02. The highest BCUT2D eigenvalue weighted by atomic mass is 127. The van der Waals surface area contributed by atoms with E-state index in [0.717, 1.165) is 40.9 Å². The van der Waals surface area contributed by atoms with Crippen molar-refractivity contribution in [2.24, 2.45) is 0 Å². The van der Waals surface area contributed by atoms with Crippen LogP contribution < -0.4 is 0 Å². The normalized spacial score (nSPS) is 13.7. The number of alkyl halides is 10. The Kier molecular flexibility index (Phi) is 5.89. The van der Waals surface area contributed by atoms with E-state index in [1.165, 1.54) is 0 Å². The smallest absolute Gasteiger partial charge is 0.244 e. The summed E-state index contributed by atoms with van der Waals surface area (Å²) in [5, 5.41) is -0.189. The van der Waals surface area contributed by atoms with Gasteiger partial charge >= 0.3 is 24.2 Å². The largest absolute Gasteiger partial charge is 0.435 e. The van der Waals surface area contributed by atoms with Gasteiger partial charge in [0.1, 0.15) is 5.15 Å². The van der Waals surface area contributed by atoms with Crippen molar-refractivity contribution in [2.45, 2.75) is 24.2 Å². The van der Waals surface area contributed by atoms with Gasteiger partial charge in [-0.1, -0.05) is 11.6 Å². The minimum Gasteiger partial charge on any atom is -0.244 e. The molecule has 0 spiro atoms. The maximum atomic E-state index is 14.6. The van der Waals surface area contributed by atoms with Crippen LogP contribution in [0, 0.1) is 3.57 Å². The maximum absolute atomic E-state index is 14.6. The van der Waals surface area contributed by atoms with Crippen LogP contribution in [0.2, 0.25) is 5.15 Å². The third-order valence-electron chi connectivity index (χ3n) is 3.59. The second-order valence-electron chi connectivity index (χ2n) is 5.40. The van der Waals surface area contributed by atoms with E-state index in [9.17, 15) is 43.9 Å². The molecule has 0 amide bonds. The highest BCUT2D eigenvalue weighted by Crippen LogP contribution is 2.56. The second-order valence-corrected chi connectivity index (χ2v) is 6.95. The molecule has 1 heterocycles. The molecule has 154 valence electrons. The Morgan fingerprint density at radius 1 is 0.821 bits per heavy atom. The molecule has 1 aromatic carbocycles. The van der Waals surface area contributed by atoms with E-state index in [-0.39, 0.29) is 5.15 Å². The lowest BCUT2D eigenvalue weighted by Gasteiger charge is -2.32. The first kappa shape index (κ1) is 23.0. The third-order valence-corrected chi connectivity index (χ3v) is 4.66. The molecule has 1 nitrogen and oxygen atoms in total. The number of hydrogen-bond acceptors (Lipinski definition) is 1. The fourth-order valence-corrected chi connectivity index (χ4v) is 3.37. The van der Waals surface area contributed by atoms with E-state index in [2.05, 4.69) is 4.98 Å². The van der Waals surface area contributed by atoms with Gasteiger partial charge in [0.2, 0.25) is 0 Å². The van der Waals surface area contributed by atoms with Crippen LogP contribution in [0.25, 0.3) is 11.1 Å². The molecule has 2 aromatic rings. The highest BCUT2D eigenvalue weighted by molar-refractivity contribution is 14.1. The Balaban J connectivity index is 3.00. The van der Waals surface area contributed by atoms with Crippen LogP contribution >= 0.6 is 34.2 Å². The highest BCUT2D eigenvalue weighted by Gasteiger charge is 2.74. The molecule has 2 rings (SSSR count). The summed E-state index contributed by atoms with van der Waals surface area (Å²) in [5.41, 5.74) is -11.7. The summed E-state index contributed by atoms with van der Waals surface area (Å²) in [7, 11) is 0. The fourth-order valence-electron chi connectivity index (χ4n) is 2.33. The number of benzene rings is 1. The number of hydrogen-bond donors (Lipinski definition) is 0. The van der Waals surface area contributed by atoms with Crippen LogP contribution in [-0.2, 0) is 11.8 Å². The summed E-state index contributed by atoms with van der Waals surface area (Å²) in [5.74, 6) is 0. The molecule has 0 radical (unpaired) electrons. The van der Waals surface area contributed by atoms with Gasteiger partial charge in [-0.05, 0) is 46.9 Å². The van der Waals surface area contributed by atoms with Crippen LogP contribution in [0.1, 0.15) is 11.1 Å². The lowest BCUT2D eigenvalue weighted by molar-refractivity contribution is -0.348. The second kappa shape index (κ2) is 7.18. The zero-order valence-electron chi connectivity index (χ0n) is 12.9. The average Bonchev–Trinajstić information content (AvgIpc) is 2.51. The molecule has 0 bridgehead atoms. The van der Waals surface area contributed by atoms with Crippen molar-refractivity contribution in [3.63, 3.8) is 0 Å². The van der Waals surface area contributed by atoms with Crippen LogP contribution in [0.5, 0.6) is 0 Å². The maximum Gasteiger partial charge on any atom is 0.435 e. The van der Waals surface area contributed by atoms with Crippen molar-refractivity contribution in [2.75, 3.05) is 0 Å². The molecule has 1 aromatic heterocycles. The Morgan fingerprint density at radius 2 is 1.36 bits per heavy atom. The van der Waals surface area contributed by atoms with Gasteiger partial charge in [-0.15, -0.1) is 0 Å². The molecule has 0 N–H and O–H groups in total.